The van der Waals surface area contributed by atoms with E-state index in [0.29, 0.717) is 32.9 Å². The molecule has 3 heterocycles. The maximum atomic E-state index is 13.5. The van der Waals surface area contributed by atoms with Crippen molar-refractivity contribution in [2.24, 2.45) is 0 Å². The van der Waals surface area contributed by atoms with Gasteiger partial charge in [-0.1, -0.05) is 24.3 Å². The van der Waals surface area contributed by atoms with Gasteiger partial charge in [0.05, 0.1) is 30.4 Å². The van der Waals surface area contributed by atoms with Gasteiger partial charge in [-0.2, -0.15) is 0 Å². The van der Waals surface area contributed by atoms with Gasteiger partial charge in [-0.05, 0) is 65.9 Å². The highest BCUT2D eigenvalue weighted by Crippen LogP contribution is 2.17. The number of nitrogens with one attached hydrogen (secondary N) is 2. The third-order valence-corrected chi connectivity index (χ3v) is 6.85. The predicted molar refractivity (Wildman–Crippen MR) is 146 cm³/mol. The zero-order valence-corrected chi connectivity index (χ0v) is 21.3. The number of benzene rings is 2. The van der Waals surface area contributed by atoms with Crippen molar-refractivity contribution >= 4 is 39.1 Å². The first-order chi connectivity index (χ1) is 18.4. The number of rotatable bonds is 8. The van der Waals surface area contributed by atoms with Crippen LogP contribution in [0.1, 0.15) is 16.9 Å². The molecule has 0 fully saturated rings. The van der Waals surface area contributed by atoms with Gasteiger partial charge in [0.1, 0.15) is 17.0 Å². The van der Waals surface area contributed by atoms with E-state index in [1.54, 1.807) is 60.2 Å². The van der Waals surface area contributed by atoms with Gasteiger partial charge in [0, 0.05) is 5.69 Å². The Bertz CT molecular complexity index is 1730. The van der Waals surface area contributed by atoms with E-state index < -0.39 is 11.2 Å². The molecule has 0 aliphatic carbocycles. The van der Waals surface area contributed by atoms with Crippen LogP contribution in [0, 0.1) is 6.92 Å². The first-order valence-corrected chi connectivity index (χ1v) is 12.7. The van der Waals surface area contributed by atoms with Crippen LogP contribution in [-0.2, 0) is 29.1 Å². The quantitative estimate of drug-likeness (QED) is 0.319. The highest BCUT2D eigenvalue weighted by Gasteiger charge is 2.18. The minimum Gasteiger partial charge on any atom is -0.467 e. The summed E-state index contributed by atoms with van der Waals surface area (Å²) in [7, 11) is 0. The molecular formula is C28H24N4O5S. The Labute approximate surface area is 221 Å². The SMILES string of the molecule is Cc1cccc(NC(=O)Cn2c(=O)n(-c3ccc(CC(=O)NCc4ccco4)cc3)c(=O)c3sccc32)c1. The number of aromatic nitrogens is 2. The Hall–Kier alpha value is -4.70. The van der Waals surface area contributed by atoms with Gasteiger partial charge in [0.2, 0.25) is 11.8 Å². The third-order valence-electron chi connectivity index (χ3n) is 5.96. The summed E-state index contributed by atoms with van der Waals surface area (Å²) in [6.45, 7) is 1.95. The molecule has 2 N–H and O–H groups in total. The van der Waals surface area contributed by atoms with E-state index >= 15 is 0 Å². The zero-order chi connectivity index (χ0) is 26.6. The number of thiophene rings is 1. The van der Waals surface area contributed by atoms with Crippen molar-refractivity contribution in [2.45, 2.75) is 26.4 Å². The molecule has 0 radical (unpaired) electrons. The topological polar surface area (TPSA) is 115 Å². The smallest absolute Gasteiger partial charge is 0.336 e. The number of anilines is 1. The van der Waals surface area contributed by atoms with Crippen LogP contribution in [0.4, 0.5) is 5.69 Å². The average Bonchev–Trinajstić information content (AvgIpc) is 3.59. The molecule has 5 aromatic rings. The second-order valence-corrected chi connectivity index (χ2v) is 9.68. The molecule has 192 valence electrons. The summed E-state index contributed by atoms with van der Waals surface area (Å²) in [6.07, 6.45) is 1.67. The average molecular weight is 529 g/mol. The van der Waals surface area contributed by atoms with Crippen molar-refractivity contribution in [3.8, 4) is 5.69 Å². The number of carbonyl (C=O) groups is 2. The van der Waals surface area contributed by atoms with Crippen LogP contribution in [0.5, 0.6) is 0 Å². The maximum Gasteiger partial charge on any atom is 0.336 e. The molecule has 0 aliphatic rings. The predicted octanol–water partition coefficient (Wildman–Crippen LogP) is 3.61. The molecule has 2 aromatic carbocycles. The third kappa shape index (κ3) is 5.35. The van der Waals surface area contributed by atoms with Crippen molar-refractivity contribution < 1.29 is 14.0 Å². The lowest BCUT2D eigenvalue weighted by atomic mass is 10.1. The molecule has 0 aliphatic heterocycles. The Morgan fingerprint density at radius 2 is 1.79 bits per heavy atom. The van der Waals surface area contributed by atoms with E-state index in [9.17, 15) is 19.2 Å². The van der Waals surface area contributed by atoms with Crippen molar-refractivity contribution in [1.29, 1.82) is 0 Å². The first kappa shape index (κ1) is 25.0. The molecule has 3 aromatic heterocycles. The molecule has 5 rings (SSSR count). The van der Waals surface area contributed by atoms with Gasteiger partial charge in [0.25, 0.3) is 5.56 Å². The highest BCUT2D eigenvalue weighted by molar-refractivity contribution is 7.17. The minimum absolute atomic E-state index is 0.128. The lowest BCUT2D eigenvalue weighted by Crippen LogP contribution is -2.40. The van der Waals surface area contributed by atoms with Crippen LogP contribution in [0.3, 0.4) is 0 Å². The second kappa shape index (κ2) is 10.7. The van der Waals surface area contributed by atoms with Gasteiger partial charge in [0.15, 0.2) is 0 Å². The molecule has 2 amide bonds. The number of furan rings is 1. The standard InChI is InChI=1S/C28H24N4O5S/c1-18-4-2-5-20(14-18)30-25(34)17-31-23-11-13-38-26(23)27(35)32(28(31)36)21-9-7-19(8-10-21)15-24(33)29-16-22-6-3-12-37-22/h2-14H,15-17H2,1H3,(H,29,33)(H,30,34). The summed E-state index contributed by atoms with van der Waals surface area (Å²) >= 11 is 1.21. The van der Waals surface area contributed by atoms with Gasteiger partial charge < -0.3 is 15.1 Å². The molecule has 0 saturated carbocycles. The van der Waals surface area contributed by atoms with Gasteiger partial charge in [-0.15, -0.1) is 11.3 Å². The monoisotopic (exact) mass is 528 g/mol. The van der Waals surface area contributed by atoms with Crippen LogP contribution < -0.4 is 21.9 Å². The van der Waals surface area contributed by atoms with Crippen molar-refractivity contribution in [2.75, 3.05) is 5.32 Å². The zero-order valence-electron chi connectivity index (χ0n) is 20.5. The number of hydrogen-bond acceptors (Lipinski definition) is 6. The lowest BCUT2D eigenvalue weighted by molar-refractivity contribution is -0.120. The number of fused-ring (bicyclic) bond motifs is 1. The number of nitrogens with zero attached hydrogens (tertiary/aromatic N) is 2. The number of carbonyl (C=O) groups excluding carboxylic acids is 2. The number of aryl methyl sites for hydroxylation is 1. The molecule has 0 spiro atoms. The van der Waals surface area contributed by atoms with Crippen LogP contribution in [0.15, 0.2) is 92.4 Å². The van der Waals surface area contributed by atoms with E-state index in [4.69, 9.17) is 4.42 Å². The number of hydrogen-bond donors (Lipinski definition) is 2. The fourth-order valence-corrected chi connectivity index (χ4v) is 4.97. The fourth-order valence-electron chi connectivity index (χ4n) is 4.14. The maximum absolute atomic E-state index is 13.5. The number of amides is 2. The second-order valence-electron chi connectivity index (χ2n) is 8.76. The molecule has 38 heavy (non-hydrogen) atoms. The summed E-state index contributed by atoms with van der Waals surface area (Å²) in [5.41, 5.74) is 2.01. The van der Waals surface area contributed by atoms with E-state index in [1.807, 2.05) is 25.1 Å². The molecule has 10 heteroatoms. The van der Waals surface area contributed by atoms with E-state index in [1.165, 1.54) is 15.9 Å². The molecule has 0 atom stereocenters. The summed E-state index contributed by atoms with van der Waals surface area (Å²) in [6, 6.07) is 19.2. The summed E-state index contributed by atoms with van der Waals surface area (Å²) in [4.78, 5) is 51.8. The Kier molecular flexibility index (Phi) is 7.05. The molecule has 0 bridgehead atoms. The van der Waals surface area contributed by atoms with Gasteiger partial charge in [-0.25, -0.2) is 9.36 Å². The Balaban J connectivity index is 1.38. The Morgan fingerprint density at radius 1 is 0.974 bits per heavy atom. The van der Waals surface area contributed by atoms with Gasteiger partial charge in [-0.3, -0.25) is 19.0 Å². The van der Waals surface area contributed by atoms with E-state index in [0.717, 1.165) is 10.1 Å². The molecular weight excluding hydrogens is 504 g/mol. The highest BCUT2D eigenvalue weighted by atomic mass is 32.1. The molecule has 0 saturated heterocycles. The van der Waals surface area contributed by atoms with E-state index in [-0.39, 0.29) is 31.3 Å². The largest absolute Gasteiger partial charge is 0.467 e. The summed E-state index contributed by atoms with van der Waals surface area (Å²) in [5.74, 6) is 0.0838. The van der Waals surface area contributed by atoms with E-state index in [2.05, 4.69) is 10.6 Å². The fraction of sp³-hybridized carbons (Fsp3) is 0.143. The minimum atomic E-state index is -0.621. The normalized spacial score (nSPS) is 11.0. The van der Waals surface area contributed by atoms with Crippen molar-refractivity contribution in [3.63, 3.8) is 0 Å². The molecule has 9 nitrogen and oxygen atoms in total. The summed E-state index contributed by atoms with van der Waals surface area (Å²) < 4.78 is 7.94. The molecule has 0 unspecified atom stereocenters. The first-order valence-electron chi connectivity index (χ1n) is 11.9. The van der Waals surface area contributed by atoms with Crippen LogP contribution >= 0.6 is 11.3 Å². The van der Waals surface area contributed by atoms with Crippen molar-refractivity contribution in [3.05, 3.63) is 116 Å². The van der Waals surface area contributed by atoms with Crippen LogP contribution in [0.25, 0.3) is 15.9 Å². The lowest BCUT2D eigenvalue weighted by Gasteiger charge is -2.13. The summed E-state index contributed by atoms with van der Waals surface area (Å²) in [5, 5.41) is 7.31. The van der Waals surface area contributed by atoms with Crippen LogP contribution in [0.2, 0.25) is 0 Å². The van der Waals surface area contributed by atoms with Crippen LogP contribution in [-0.4, -0.2) is 20.9 Å². The van der Waals surface area contributed by atoms with Gasteiger partial charge >= 0.3 is 5.69 Å². The van der Waals surface area contributed by atoms with Crippen molar-refractivity contribution in [1.82, 2.24) is 14.5 Å². The Morgan fingerprint density at radius 3 is 2.53 bits per heavy atom.